The van der Waals surface area contributed by atoms with E-state index < -0.39 is 30.7 Å². The van der Waals surface area contributed by atoms with E-state index in [4.69, 9.17) is 21.4 Å². The van der Waals surface area contributed by atoms with Crippen molar-refractivity contribution in [1.82, 2.24) is 20.2 Å². The second-order valence-electron chi connectivity index (χ2n) is 13.1. The number of piperidine rings is 1. The Balaban J connectivity index is 1.02. The molecule has 1 amide bonds. The lowest BCUT2D eigenvalue weighted by Crippen LogP contribution is -2.50. The molecule has 1 spiro atoms. The lowest BCUT2D eigenvalue weighted by molar-refractivity contribution is -0.130. The molecule has 0 bridgehead atoms. The zero-order valence-corrected chi connectivity index (χ0v) is 27.0. The molecule has 1 saturated carbocycles. The Hall–Kier alpha value is -2.61. The fourth-order valence-electron chi connectivity index (χ4n) is 7.29. The molecule has 46 heavy (non-hydrogen) atoms. The minimum Gasteiger partial charge on any atom is -0.493 e. The zero-order valence-electron chi connectivity index (χ0n) is 26.2. The van der Waals surface area contributed by atoms with Crippen LogP contribution in [0, 0.1) is 17.2 Å². The standard InChI is InChI=1S/C33H47ClFN5O6/c34-24-17-37-32(38-18-24)39-11-7-22(8-12-39)3-2-14-46-25-6-5-23(26(35)16-25)15-30(44)40-13-10-33(21-40)9-1-4-29(33)36-19-27(42)31(45)28(43)20-41/h5-6,16-18,22,27-29,31,36,41-43,45H,1-4,7-15,19-21H2/t27-,28+,29?,31-,33?/m0/s1. The molecule has 5 N–H and O–H groups in total. The number of aromatic nitrogens is 2. The lowest BCUT2D eigenvalue weighted by Gasteiger charge is -2.33. The molecule has 2 aliphatic heterocycles. The van der Waals surface area contributed by atoms with Crippen LogP contribution in [0.25, 0.3) is 0 Å². The average molecular weight is 664 g/mol. The summed E-state index contributed by atoms with van der Waals surface area (Å²) in [4.78, 5) is 25.8. The average Bonchev–Trinajstić information content (AvgIpc) is 3.69. The molecule has 2 aromatic rings. The predicted octanol–water partition coefficient (Wildman–Crippen LogP) is 2.32. The summed E-state index contributed by atoms with van der Waals surface area (Å²) in [5.41, 5.74) is 0.198. The highest BCUT2D eigenvalue weighted by Gasteiger charge is 2.48. The maximum atomic E-state index is 15.0. The molecule has 2 unspecified atom stereocenters. The van der Waals surface area contributed by atoms with Gasteiger partial charge in [0.1, 0.15) is 23.8 Å². The Bertz CT molecular complexity index is 1290. The van der Waals surface area contributed by atoms with Gasteiger partial charge in [0.05, 0.1) is 43.2 Å². The molecule has 3 heterocycles. The zero-order chi connectivity index (χ0) is 32.7. The maximum Gasteiger partial charge on any atom is 0.227 e. The number of nitrogens with zero attached hydrogens (tertiary/aromatic N) is 4. The number of hydrogen-bond acceptors (Lipinski definition) is 10. The smallest absolute Gasteiger partial charge is 0.227 e. The fraction of sp³-hybridized carbons (Fsp3) is 0.667. The number of amides is 1. The van der Waals surface area contributed by atoms with E-state index in [-0.39, 0.29) is 30.3 Å². The second kappa shape index (κ2) is 16.0. The molecular formula is C33H47ClFN5O6. The molecule has 5 atom stereocenters. The highest BCUT2D eigenvalue weighted by Crippen LogP contribution is 2.45. The molecule has 0 radical (unpaired) electrons. The van der Waals surface area contributed by atoms with Crippen molar-refractivity contribution in [2.75, 3.05) is 50.8 Å². The van der Waals surface area contributed by atoms with Crippen molar-refractivity contribution in [1.29, 1.82) is 0 Å². The number of aliphatic hydroxyl groups is 4. The molecule has 1 aromatic heterocycles. The van der Waals surface area contributed by atoms with Gasteiger partial charge in [-0.1, -0.05) is 24.1 Å². The number of carbonyl (C=O) groups excluding carboxylic acids is 1. The topological polar surface area (TPSA) is 152 Å². The SMILES string of the molecule is O=C(Cc1ccc(OCCCC2CCN(c3ncc(Cl)cn3)CC2)cc1F)N1CCC2(CCCC2NC[C@H](O)[C@H](O)[C@H](O)CO)C1. The molecule has 11 nitrogen and oxygen atoms in total. The van der Waals surface area contributed by atoms with E-state index in [0.717, 1.165) is 64.5 Å². The fourth-order valence-corrected chi connectivity index (χ4v) is 7.39. The Morgan fingerprint density at radius 1 is 1.11 bits per heavy atom. The number of aliphatic hydroxyl groups excluding tert-OH is 4. The molecule has 1 aliphatic carbocycles. The van der Waals surface area contributed by atoms with Gasteiger partial charge in [-0.05, 0) is 62.5 Å². The number of nitrogens with one attached hydrogen (secondary N) is 1. The number of carbonyl (C=O) groups is 1. The first-order chi connectivity index (χ1) is 22.2. The van der Waals surface area contributed by atoms with Gasteiger partial charge in [0.15, 0.2) is 0 Å². The monoisotopic (exact) mass is 663 g/mol. The van der Waals surface area contributed by atoms with E-state index in [1.54, 1.807) is 29.4 Å². The quantitative estimate of drug-likeness (QED) is 0.191. The van der Waals surface area contributed by atoms with Gasteiger partial charge in [-0.3, -0.25) is 4.79 Å². The van der Waals surface area contributed by atoms with E-state index in [0.29, 0.717) is 47.9 Å². The van der Waals surface area contributed by atoms with Gasteiger partial charge in [0.2, 0.25) is 11.9 Å². The number of benzene rings is 1. The van der Waals surface area contributed by atoms with Crippen molar-refractivity contribution >= 4 is 23.5 Å². The van der Waals surface area contributed by atoms with Gasteiger partial charge >= 0.3 is 0 Å². The minimum atomic E-state index is -1.45. The Morgan fingerprint density at radius 2 is 1.87 bits per heavy atom. The molecule has 5 rings (SSSR count). The third-order valence-electron chi connectivity index (χ3n) is 10.1. The van der Waals surface area contributed by atoms with Crippen LogP contribution >= 0.6 is 11.6 Å². The van der Waals surface area contributed by atoms with Gasteiger partial charge < -0.3 is 40.3 Å². The first-order valence-electron chi connectivity index (χ1n) is 16.5. The van der Waals surface area contributed by atoms with Crippen molar-refractivity contribution in [3.05, 3.63) is 47.0 Å². The third-order valence-corrected chi connectivity index (χ3v) is 10.3. The molecule has 3 aliphatic rings. The Labute approximate surface area is 274 Å². The van der Waals surface area contributed by atoms with Crippen LogP contribution in [0.2, 0.25) is 5.02 Å². The largest absolute Gasteiger partial charge is 0.493 e. The molecular weight excluding hydrogens is 617 g/mol. The Morgan fingerprint density at radius 3 is 2.59 bits per heavy atom. The van der Waals surface area contributed by atoms with Gasteiger partial charge in [-0.25, -0.2) is 14.4 Å². The summed E-state index contributed by atoms with van der Waals surface area (Å²) in [5.74, 6) is 1.20. The van der Waals surface area contributed by atoms with Crippen LogP contribution < -0.4 is 15.0 Å². The maximum absolute atomic E-state index is 15.0. The number of anilines is 1. The van der Waals surface area contributed by atoms with Crippen LogP contribution in [0.3, 0.4) is 0 Å². The number of hydrogen-bond donors (Lipinski definition) is 5. The lowest BCUT2D eigenvalue weighted by atomic mass is 9.81. The van der Waals surface area contributed by atoms with E-state index in [1.807, 2.05) is 0 Å². The normalized spacial score (nSPS) is 24.0. The Kier molecular flexibility index (Phi) is 12.1. The van der Waals surface area contributed by atoms with Crippen LogP contribution in [0.4, 0.5) is 10.3 Å². The van der Waals surface area contributed by atoms with Crippen LogP contribution in [0.1, 0.15) is 56.9 Å². The second-order valence-corrected chi connectivity index (χ2v) is 13.6. The summed E-state index contributed by atoms with van der Waals surface area (Å²) in [6, 6.07) is 4.77. The number of halogens is 2. The summed E-state index contributed by atoms with van der Waals surface area (Å²) in [5, 5.41) is 42.7. The first-order valence-corrected chi connectivity index (χ1v) is 16.8. The molecule has 3 fully saturated rings. The first kappa shape index (κ1) is 34.7. The summed E-state index contributed by atoms with van der Waals surface area (Å²) >= 11 is 5.89. The molecule has 13 heteroatoms. The van der Waals surface area contributed by atoms with Crippen LogP contribution in [0.5, 0.6) is 5.75 Å². The molecule has 2 saturated heterocycles. The summed E-state index contributed by atoms with van der Waals surface area (Å²) in [6.07, 6.45) is 6.75. The molecule has 254 valence electrons. The van der Waals surface area contributed by atoms with E-state index in [2.05, 4.69) is 20.2 Å². The highest BCUT2D eigenvalue weighted by molar-refractivity contribution is 6.30. The summed E-state index contributed by atoms with van der Waals surface area (Å²) in [6.45, 7) is 2.88. The summed E-state index contributed by atoms with van der Waals surface area (Å²) in [7, 11) is 0. The number of rotatable bonds is 14. The molecule has 1 aromatic carbocycles. The van der Waals surface area contributed by atoms with Gasteiger partial charge in [0, 0.05) is 50.2 Å². The number of likely N-dealkylation sites (tertiary alicyclic amines) is 1. The van der Waals surface area contributed by atoms with Gasteiger partial charge in [0.25, 0.3) is 0 Å². The van der Waals surface area contributed by atoms with Crippen molar-refractivity contribution in [3.63, 3.8) is 0 Å². The highest BCUT2D eigenvalue weighted by atomic mass is 35.5. The third kappa shape index (κ3) is 8.64. The van der Waals surface area contributed by atoms with Crippen LogP contribution in [-0.2, 0) is 11.2 Å². The van der Waals surface area contributed by atoms with Crippen molar-refractivity contribution < 1.29 is 34.3 Å². The van der Waals surface area contributed by atoms with Crippen LogP contribution in [0.15, 0.2) is 30.6 Å². The van der Waals surface area contributed by atoms with Gasteiger partial charge in [-0.15, -0.1) is 0 Å². The summed E-state index contributed by atoms with van der Waals surface area (Å²) < 4.78 is 20.9. The van der Waals surface area contributed by atoms with Crippen LogP contribution in [-0.4, -0.2) is 111 Å². The van der Waals surface area contributed by atoms with Crippen molar-refractivity contribution in [2.45, 2.75) is 82.1 Å². The van der Waals surface area contributed by atoms with E-state index in [1.165, 1.54) is 6.07 Å². The number of ether oxygens (including phenoxy) is 1. The van der Waals surface area contributed by atoms with Crippen molar-refractivity contribution in [3.8, 4) is 5.75 Å². The predicted molar refractivity (Wildman–Crippen MR) is 171 cm³/mol. The van der Waals surface area contributed by atoms with Crippen molar-refractivity contribution in [2.24, 2.45) is 11.3 Å². The van der Waals surface area contributed by atoms with E-state index >= 15 is 4.39 Å². The minimum absolute atomic E-state index is 0.0238. The van der Waals surface area contributed by atoms with E-state index in [9.17, 15) is 20.1 Å². The van der Waals surface area contributed by atoms with Gasteiger partial charge in [-0.2, -0.15) is 0 Å².